The molecular weight excluding hydrogens is 276 g/mol. The third-order valence-corrected chi connectivity index (χ3v) is 1.95. The molecule has 0 aliphatic heterocycles. The van der Waals surface area contributed by atoms with Crippen LogP contribution in [0.5, 0.6) is 0 Å². The monoisotopic (exact) mass is 294 g/mol. The van der Waals surface area contributed by atoms with Gasteiger partial charge in [-0.25, -0.2) is 14.4 Å². The Labute approximate surface area is 123 Å². The predicted molar refractivity (Wildman–Crippen MR) is 75.8 cm³/mol. The van der Waals surface area contributed by atoms with Gasteiger partial charge in [0, 0.05) is 12.2 Å². The first-order valence-corrected chi connectivity index (χ1v) is 6.31. The Morgan fingerprint density at radius 2 is 1.38 bits per heavy atom. The van der Waals surface area contributed by atoms with E-state index < -0.39 is 17.9 Å². The highest BCUT2D eigenvalue weighted by Crippen LogP contribution is 1.96. The Kier molecular flexibility index (Phi) is 9.81. The highest BCUT2D eigenvalue weighted by molar-refractivity contribution is 5.91. The first kappa shape index (κ1) is 18.4. The van der Waals surface area contributed by atoms with E-state index in [1.807, 2.05) is 0 Å². The van der Waals surface area contributed by atoms with E-state index in [0.29, 0.717) is 18.8 Å². The van der Waals surface area contributed by atoms with Crippen LogP contribution in [0.1, 0.15) is 24.2 Å². The molecule has 0 heterocycles. The number of carboxylic acid groups (broad SMARTS) is 1. The summed E-state index contributed by atoms with van der Waals surface area (Å²) in [7, 11) is 0. The minimum atomic E-state index is -0.879. The molecule has 0 aromatic heterocycles. The fourth-order valence-electron chi connectivity index (χ4n) is 1.10. The Morgan fingerprint density at radius 3 is 1.67 bits per heavy atom. The van der Waals surface area contributed by atoms with Crippen molar-refractivity contribution in [3.63, 3.8) is 0 Å². The standard InChI is InChI=1S/C8H12O4.C7H6O2/c1-3-11-7(9)5-6-8(10)12-4-2;8-7(9)6-4-2-1-3-5-6/h5-6H,3-4H2,1-2H3;1-5H,(H,8,9)/b6-5-;. The van der Waals surface area contributed by atoms with Crippen molar-refractivity contribution >= 4 is 17.9 Å². The van der Waals surface area contributed by atoms with Gasteiger partial charge in [0.1, 0.15) is 0 Å². The summed E-state index contributed by atoms with van der Waals surface area (Å²) in [5, 5.41) is 8.38. The van der Waals surface area contributed by atoms with Crippen molar-refractivity contribution in [3.8, 4) is 0 Å². The van der Waals surface area contributed by atoms with E-state index in [4.69, 9.17) is 5.11 Å². The molecule has 0 amide bonds. The van der Waals surface area contributed by atoms with Gasteiger partial charge in [-0.05, 0) is 26.0 Å². The fraction of sp³-hybridized carbons (Fsp3) is 0.267. The maximum absolute atomic E-state index is 10.6. The second-order valence-electron chi connectivity index (χ2n) is 3.51. The van der Waals surface area contributed by atoms with Crippen molar-refractivity contribution < 1.29 is 29.0 Å². The number of hydrogen-bond donors (Lipinski definition) is 1. The zero-order valence-electron chi connectivity index (χ0n) is 11.9. The maximum Gasteiger partial charge on any atom is 0.335 e. The third kappa shape index (κ3) is 9.89. The maximum atomic E-state index is 10.6. The molecule has 6 heteroatoms. The molecule has 0 radical (unpaired) electrons. The number of ether oxygens (including phenoxy) is 2. The Morgan fingerprint density at radius 1 is 0.952 bits per heavy atom. The second-order valence-corrected chi connectivity index (χ2v) is 3.51. The number of carboxylic acids is 1. The van der Waals surface area contributed by atoms with Crippen molar-refractivity contribution in [1.29, 1.82) is 0 Å². The summed E-state index contributed by atoms with van der Waals surface area (Å²) in [5.74, 6) is -1.95. The molecule has 0 unspecified atom stereocenters. The van der Waals surface area contributed by atoms with Crippen LogP contribution < -0.4 is 0 Å². The van der Waals surface area contributed by atoms with Gasteiger partial charge in [0.25, 0.3) is 0 Å². The number of rotatable bonds is 5. The smallest absolute Gasteiger partial charge is 0.335 e. The number of esters is 2. The van der Waals surface area contributed by atoms with Gasteiger partial charge in [-0.2, -0.15) is 0 Å². The average molecular weight is 294 g/mol. The Balaban J connectivity index is 0.000000394. The molecule has 0 aliphatic carbocycles. The topological polar surface area (TPSA) is 89.9 Å². The number of aromatic carboxylic acids is 1. The molecule has 0 fully saturated rings. The van der Waals surface area contributed by atoms with Crippen LogP contribution in [0.4, 0.5) is 0 Å². The van der Waals surface area contributed by atoms with Crippen LogP contribution in [0.2, 0.25) is 0 Å². The molecule has 1 aromatic rings. The van der Waals surface area contributed by atoms with E-state index in [1.165, 1.54) is 0 Å². The largest absolute Gasteiger partial charge is 0.478 e. The molecule has 0 saturated heterocycles. The van der Waals surface area contributed by atoms with Crippen LogP contribution in [0, 0.1) is 0 Å². The predicted octanol–water partition coefficient (Wildman–Crippen LogP) is 2.05. The van der Waals surface area contributed by atoms with Crippen molar-refractivity contribution in [2.75, 3.05) is 13.2 Å². The van der Waals surface area contributed by atoms with Crippen LogP contribution >= 0.6 is 0 Å². The van der Waals surface area contributed by atoms with Gasteiger partial charge in [-0.1, -0.05) is 18.2 Å². The fourth-order valence-corrected chi connectivity index (χ4v) is 1.10. The average Bonchev–Trinajstić information content (AvgIpc) is 2.47. The van der Waals surface area contributed by atoms with Gasteiger partial charge in [0.15, 0.2) is 0 Å². The second kappa shape index (κ2) is 11.2. The molecule has 6 nitrogen and oxygen atoms in total. The van der Waals surface area contributed by atoms with Crippen molar-refractivity contribution in [2.24, 2.45) is 0 Å². The SMILES string of the molecule is CCOC(=O)/C=C\C(=O)OCC.O=C(O)c1ccccc1. The molecule has 114 valence electrons. The van der Waals surface area contributed by atoms with Gasteiger partial charge in [-0.3, -0.25) is 0 Å². The number of hydrogen-bond acceptors (Lipinski definition) is 5. The van der Waals surface area contributed by atoms with Crippen LogP contribution in [0.25, 0.3) is 0 Å². The first-order chi connectivity index (χ1) is 10.0. The van der Waals surface area contributed by atoms with E-state index in [2.05, 4.69) is 9.47 Å². The van der Waals surface area contributed by atoms with Crippen LogP contribution in [0.3, 0.4) is 0 Å². The Hall–Kier alpha value is -2.63. The molecule has 1 aromatic carbocycles. The summed E-state index contributed by atoms with van der Waals surface area (Å²) in [4.78, 5) is 31.5. The van der Waals surface area contributed by atoms with Gasteiger partial charge >= 0.3 is 17.9 Å². The van der Waals surface area contributed by atoms with Crippen LogP contribution in [-0.2, 0) is 19.1 Å². The zero-order chi connectivity index (χ0) is 16.1. The highest BCUT2D eigenvalue weighted by Gasteiger charge is 1.97. The summed E-state index contributed by atoms with van der Waals surface area (Å²) in [6.45, 7) is 3.98. The molecular formula is C15H18O6. The van der Waals surface area contributed by atoms with Crippen LogP contribution in [0.15, 0.2) is 42.5 Å². The lowest BCUT2D eigenvalue weighted by molar-refractivity contribution is -0.140. The Bertz CT molecular complexity index is 458. The first-order valence-electron chi connectivity index (χ1n) is 6.31. The van der Waals surface area contributed by atoms with Crippen LogP contribution in [-0.4, -0.2) is 36.2 Å². The molecule has 0 saturated carbocycles. The molecule has 21 heavy (non-hydrogen) atoms. The van der Waals surface area contributed by atoms with Crippen molar-refractivity contribution in [1.82, 2.24) is 0 Å². The normalized spacial score (nSPS) is 9.43. The van der Waals surface area contributed by atoms with Gasteiger partial charge in [0.05, 0.1) is 18.8 Å². The molecule has 0 spiro atoms. The summed E-state index contributed by atoms with van der Waals surface area (Å²) in [6.07, 6.45) is 2.09. The van der Waals surface area contributed by atoms with E-state index in [9.17, 15) is 14.4 Å². The lowest BCUT2D eigenvalue weighted by Gasteiger charge is -1.95. The molecule has 0 atom stereocenters. The molecule has 1 rings (SSSR count). The zero-order valence-corrected chi connectivity index (χ0v) is 11.9. The molecule has 0 aliphatic rings. The van der Waals surface area contributed by atoms with E-state index in [0.717, 1.165) is 12.2 Å². The quantitative estimate of drug-likeness (QED) is 0.660. The van der Waals surface area contributed by atoms with E-state index >= 15 is 0 Å². The summed E-state index contributed by atoms with van der Waals surface area (Å²) >= 11 is 0. The van der Waals surface area contributed by atoms with Gasteiger partial charge < -0.3 is 14.6 Å². The third-order valence-electron chi connectivity index (χ3n) is 1.95. The van der Waals surface area contributed by atoms with Gasteiger partial charge in [0.2, 0.25) is 0 Å². The summed E-state index contributed by atoms with van der Waals surface area (Å²) in [6, 6.07) is 8.30. The molecule has 0 bridgehead atoms. The lowest BCUT2D eigenvalue weighted by Crippen LogP contribution is -2.03. The number of carbonyl (C=O) groups is 3. The minimum Gasteiger partial charge on any atom is -0.478 e. The van der Waals surface area contributed by atoms with E-state index in [-0.39, 0.29) is 0 Å². The van der Waals surface area contributed by atoms with Gasteiger partial charge in [-0.15, -0.1) is 0 Å². The minimum absolute atomic E-state index is 0.298. The van der Waals surface area contributed by atoms with E-state index in [1.54, 1.807) is 44.2 Å². The summed E-state index contributed by atoms with van der Waals surface area (Å²) < 4.78 is 9.07. The highest BCUT2D eigenvalue weighted by atomic mass is 16.5. The number of carbonyl (C=O) groups excluding carboxylic acids is 2. The van der Waals surface area contributed by atoms with Crippen molar-refractivity contribution in [2.45, 2.75) is 13.8 Å². The molecule has 1 N–H and O–H groups in total. The van der Waals surface area contributed by atoms with Crippen molar-refractivity contribution in [3.05, 3.63) is 48.0 Å². The number of benzene rings is 1. The lowest BCUT2D eigenvalue weighted by atomic mass is 10.2. The summed E-state index contributed by atoms with van der Waals surface area (Å²) in [5.41, 5.74) is 0.331.